The van der Waals surface area contributed by atoms with Crippen LogP contribution in [0.25, 0.3) is 0 Å². The largest absolute Gasteiger partial charge is 0.437 e. The van der Waals surface area contributed by atoms with Crippen LogP contribution in [-0.4, -0.2) is 9.97 Å². The summed E-state index contributed by atoms with van der Waals surface area (Å²) in [6.07, 6.45) is 1.38. The number of nitrogens with zero attached hydrogens (tertiary/aromatic N) is 2. The second-order valence-electron chi connectivity index (χ2n) is 4.17. The number of halogens is 1. The summed E-state index contributed by atoms with van der Waals surface area (Å²) in [6.45, 7) is 4.23. The highest BCUT2D eigenvalue weighted by molar-refractivity contribution is 9.10. The van der Waals surface area contributed by atoms with Crippen LogP contribution in [0.5, 0.6) is 11.6 Å². The van der Waals surface area contributed by atoms with E-state index in [1.807, 2.05) is 24.3 Å². The highest BCUT2D eigenvalue weighted by Gasteiger charge is 2.12. The maximum Gasteiger partial charge on any atom is 0.238 e. The second kappa shape index (κ2) is 5.35. The van der Waals surface area contributed by atoms with E-state index in [4.69, 9.17) is 10.5 Å². The molecule has 0 spiro atoms. The van der Waals surface area contributed by atoms with E-state index in [9.17, 15) is 0 Å². The molecule has 0 aliphatic heterocycles. The molecule has 18 heavy (non-hydrogen) atoms. The van der Waals surface area contributed by atoms with Crippen LogP contribution in [0, 0.1) is 0 Å². The normalized spacial score (nSPS) is 10.7. The molecule has 0 atom stereocenters. The lowest BCUT2D eigenvalue weighted by molar-refractivity contribution is 0.450. The molecule has 0 unspecified atom stereocenters. The standard InChI is InChI=1S/C13H14BrN3O/c1-8(2)9-5-3-4-6-10(9)18-13-11(14)12(15)16-7-17-13/h3-8H,1-2H3,(H2,15,16,17). The van der Waals surface area contributed by atoms with E-state index in [0.29, 0.717) is 22.1 Å². The number of benzene rings is 1. The molecule has 2 rings (SSSR count). The highest BCUT2D eigenvalue weighted by Crippen LogP contribution is 2.34. The van der Waals surface area contributed by atoms with Crippen LogP contribution in [-0.2, 0) is 0 Å². The van der Waals surface area contributed by atoms with Gasteiger partial charge < -0.3 is 10.5 Å². The summed E-state index contributed by atoms with van der Waals surface area (Å²) in [5.74, 6) is 1.95. The molecule has 2 aromatic rings. The van der Waals surface area contributed by atoms with Crippen molar-refractivity contribution >= 4 is 21.7 Å². The third-order valence-electron chi connectivity index (χ3n) is 2.53. The van der Waals surface area contributed by atoms with E-state index in [1.165, 1.54) is 6.33 Å². The minimum Gasteiger partial charge on any atom is -0.437 e. The van der Waals surface area contributed by atoms with Gasteiger partial charge in [-0.3, -0.25) is 0 Å². The van der Waals surface area contributed by atoms with Crippen molar-refractivity contribution in [3.05, 3.63) is 40.6 Å². The molecule has 0 radical (unpaired) electrons. The molecule has 5 heteroatoms. The molecule has 0 bridgehead atoms. The van der Waals surface area contributed by atoms with Crippen LogP contribution in [0.3, 0.4) is 0 Å². The Kier molecular flexibility index (Phi) is 3.81. The average Bonchev–Trinajstić information content (AvgIpc) is 2.35. The zero-order valence-electron chi connectivity index (χ0n) is 10.2. The number of nitrogen functional groups attached to an aromatic ring is 1. The molecule has 0 aliphatic carbocycles. The molecule has 1 heterocycles. The second-order valence-corrected chi connectivity index (χ2v) is 4.97. The van der Waals surface area contributed by atoms with Crippen LogP contribution in [0.2, 0.25) is 0 Å². The van der Waals surface area contributed by atoms with Crippen LogP contribution < -0.4 is 10.5 Å². The summed E-state index contributed by atoms with van der Waals surface area (Å²) in [5, 5.41) is 0. The number of anilines is 1. The third-order valence-corrected chi connectivity index (χ3v) is 3.28. The van der Waals surface area contributed by atoms with Crippen LogP contribution in [0.15, 0.2) is 35.1 Å². The lowest BCUT2D eigenvalue weighted by atomic mass is 10.0. The first-order chi connectivity index (χ1) is 8.59. The number of nitrogens with two attached hydrogens (primary N) is 1. The van der Waals surface area contributed by atoms with Gasteiger partial charge in [-0.2, -0.15) is 0 Å². The van der Waals surface area contributed by atoms with Crippen molar-refractivity contribution in [2.45, 2.75) is 19.8 Å². The number of aromatic nitrogens is 2. The molecule has 0 saturated carbocycles. The maximum absolute atomic E-state index is 5.80. The lowest BCUT2D eigenvalue weighted by Gasteiger charge is -2.13. The van der Waals surface area contributed by atoms with Crippen molar-refractivity contribution in [3.63, 3.8) is 0 Å². The Hall–Kier alpha value is -1.62. The Morgan fingerprint density at radius 1 is 1.22 bits per heavy atom. The van der Waals surface area contributed by atoms with E-state index in [0.717, 1.165) is 11.3 Å². The number of hydrogen-bond donors (Lipinski definition) is 1. The molecular formula is C13H14BrN3O. The molecular weight excluding hydrogens is 294 g/mol. The summed E-state index contributed by atoms with van der Waals surface area (Å²) in [4.78, 5) is 7.95. The summed E-state index contributed by atoms with van der Waals surface area (Å²) in [5.41, 5.74) is 6.82. The van der Waals surface area contributed by atoms with E-state index in [1.54, 1.807) is 0 Å². The van der Waals surface area contributed by atoms with Crippen molar-refractivity contribution in [3.8, 4) is 11.6 Å². The van der Waals surface area contributed by atoms with Gasteiger partial charge in [0, 0.05) is 0 Å². The predicted octanol–water partition coefficient (Wildman–Crippen LogP) is 3.74. The Morgan fingerprint density at radius 3 is 2.67 bits per heavy atom. The van der Waals surface area contributed by atoms with Crippen molar-refractivity contribution in [1.29, 1.82) is 0 Å². The van der Waals surface area contributed by atoms with Crippen molar-refractivity contribution in [1.82, 2.24) is 9.97 Å². The number of para-hydroxylation sites is 1. The van der Waals surface area contributed by atoms with Gasteiger partial charge in [0.05, 0.1) is 0 Å². The summed E-state index contributed by atoms with van der Waals surface area (Å²) >= 11 is 3.32. The van der Waals surface area contributed by atoms with Gasteiger partial charge in [0.2, 0.25) is 5.88 Å². The fourth-order valence-corrected chi connectivity index (χ4v) is 1.88. The molecule has 2 N–H and O–H groups in total. The minimum atomic E-state index is 0.363. The van der Waals surface area contributed by atoms with Crippen LogP contribution >= 0.6 is 15.9 Å². The molecule has 4 nitrogen and oxygen atoms in total. The molecule has 94 valence electrons. The first kappa shape index (κ1) is 12.8. The zero-order chi connectivity index (χ0) is 13.1. The highest BCUT2D eigenvalue weighted by atomic mass is 79.9. The third kappa shape index (κ3) is 2.61. The Balaban J connectivity index is 2.37. The van der Waals surface area contributed by atoms with Gasteiger partial charge in [-0.1, -0.05) is 32.0 Å². The minimum absolute atomic E-state index is 0.363. The first-order valence-electron chi connectivity index (χ1n) is 5.62. The summed E-state index contributed by atoms with van der Waals surface area (Å²) < 4.78 is 6.38. The van der Waals surface area contributed by atoms with Crippen LogP contribution in [0.4, 0.5) is 5.82 Å². The van der Waals surface area contributed by atoms with Gasteiger partial charge in [-0.05, 0) is 33.5 Å². The Labute approximate surface area is 114 Å². The fourth-order valence-electron chi connectivity index (χ4n) is 1.59. The number of hydrogen-bond acceptors (Lipinski definition) is 4. The lowest BCUT2D eigenvalue weighted by Crippen LogP contribution is -1.99. The molecule has 0 aliphatic rings. The van der Waals surface area contributed by atoms with Gasteiger partial charge in [-0.15, -0.1) is 0 Å². The zero-order valence-corrected chi connectivity index (χ0v) is 11.8. The number of rotatable bonds is 3. The van der Waals surface area contributed by atoms with E-state index >= 15 is 0 Å². The first-order valence-corrected chi connectivity index (χ1v) is 6.41. The number of ether oxygens (including phenoxy) is 1. The molecule has 0 saturated heterocycles. The SMILES string of the molecule is CC(C)c1ccccc1Oc1ncnc(N)c1Br. The monoisotopic (exact) mass is 307 g/mol. The van der Waals surface area contributed by atoms with Gasteiger partial charge >= 0.3 is 0 Å². The molecule has 0 amide bonds. The van der Waals surface area contributed by atoms with E-state index in [-0.39, 0.29) is 0 Å². The van der Waals surface area contributed by atoms with Crippen molar-refractivity contribution < 1.29 is 4.74 Å². The van der Waals surface area contributed by atoms with E-state index in [2.05, 4.69) is 39.7 Å². The van der Waals surface area contributed by atoms with Gasteiger partial charge in [-0.25, -0.2) is 9.97 Å². The quantitative estimate of drug-likeness (QED) is 0.938. The van der Waals surface area contributed by atoms with Gasteiger partial charge in [0.25, 0.3) is 0 Å². The molecule has 0 fully saturated rings. The maximum atomic E-state index is 5.80. The van der Waals surface area contributed by atoms with Crippen molar-refractivity contribution in [2.75, 3.05) is 5.73 Å². The Morgan fingerprint density at radius 2 is 1.94 bits per heavy atom. The average molecular weight is 308 g/mol. The molecule has 1 aromatic carbocycles. The summed E-state index contributed by atoms with van der Waals surface area (Å²) in [7, 11) is 0. The topological polar surface area (TPSA) is 61.0 Å². The van der Waals surface area contributed by atoms with Gasteiger partial charge in [0.15, 0.2) is 0 Å². The molecule has 1 aromatic heterocycles. The summed E-state index contributed by atoms with van der Waals surface area (Å²) in [6, 6.07) is 7.88. The van der Waals surface area contributed by atoms with Crippen LogP contribution in [0.1, 0.15) is 25.3 Å². The van der Waals surface area contributed by atoms with Gasteiger partial charge in [0.1, 0.15) is 22.4 Å². The smallest absolute Gasteiger partial charge is 0.238 e. The fraction of sp³-hybridized carbons (Fsp3) is 0.231. The Bertz CT molecular complexity index is 558. The van der Waals surface area contributed by atoms with E-state index < -0.39 is 0 Å². The predicted molar refractivity (Wildman–Crippen MR) is 74.7 cm³/mol. The van der Waals surface area contributed by atoms with Crippen molar-refractivity contribution in [2.24, 2.45) is 0 Å².